The molecule has 0 amide bonds. The number of nitrogens with one attached hydrogen (secondary N) is 3. The van der Waals surface area contributed by atoms with E-state index in [-0.39, 0.29) is 10.9 Å². The smallest absolute Gasteiger partial charge is 0.265 e. The van der Waals surface area contributed by atoms with E-state index in [1.54, 1.807) is 12.1 Å². The fourth-order valence-electron chi connectivity index (χ4n) is 1.64. The number of aromatic amines is 1. The summed E-state index contributed by atoms with van der Waals surface area (Å²) >= 11 is 0. The van der Waals surface area contributed by atoms with E-state index >= 15 is 0 Å². The molecule has 7 heteroatoms. The van der Waals surface area contributed by atoms with Crippen LogP contribution in [0.15, 0.2) is 41.6 Å². The Balaban J connectivity index is 2.25. The summed E-state index contributed by atoms with van der Waals surface area (Å²) in [7, 11) is -1.73. The van der Waals surface area contributed by atoms with Gasteiger partial charge in [-0.15, -0.1) is 0 Å². The third-order valence-electron chi connectivity index (χ3n) is 2.86. The molecule has 1 aromatic carbocycles. The van der Waals surface area contributed by atoms with Gasteiger partial charge in [0.1, 0.15) is 4.90 Å². The Hall–Kier alpha value is -1.86. The van der Waals surface area contributed by atoms with Gasteiger partial charge in [0.05, 0.1) is 6.20 Å². The average Bonchev–Trinajstić information content (AvgIpc) is 2.92. The maximum Gasteiger partial charge on any atom is 0.265 e. The van der Waals surface area contributed by atoms with Crippen molar-refractivity contribution in [3.8, 4) is 0 Å². The first kappa shape index (κ1) is 13.6. The minimum Gasteiger partial charge on any atom is -0.313 e. The van der Waals surface area contributed by atoms with Gasteiger partial charge in [0.15, 0.2) is 0 Å². The number of hydrogen-bond acceptors (Lipinski definition) is 4. The van der Waals surface area contributed by atoms with Crippen LogP contribution in [0.4, 0.5) is 5.69 Å². The van der Waals surface area contributed by atoms with E-state index in [0.29, 0.717) is 5.69 Å². The van der Waals surface area contributed by atoms with Gasteiger partial charge in [-0.1, -0.05) is 12.1 Å². The Kier molecular flexibility index (Phi) is 3.87. The summed E-state index contributed by atoms with van der Waals surface area (Å²) in [6, 6.07) is 7.42. The Morgan fingerprint density at radius 3 is 2.79 bits per heavy atom. The van der Waals surface area contributed by atoms with Crippen LogP contribution in [0.2, 0.25) is 0 Å². The molecule has 102 valence electrons. The number of benzene rings is 1. The van der Waals surface area contributed by atoms with Gasteiger partial charge in [-0.25, -0.2) is 8.42 Å². The van der Waals surface area contributed by atoms with Gasteiger partial charge < -0.3 is 5.32 Å². The van der Waals surface area contributed by atoms with Gasteiger partial charge in [0, 0.05) is 17.9 Å². The summed E-state index contributed by atoms with van der Waals surface area (Å²) in [4.78, 5) is 0.111. The molecule has 0 aliphatic heterocycles. The highest BCUT2D eigenvalue weighted by atomic mass is 32.2. The topological polar surface area (TPSA) is 86.9 Å². The number of hydrogen-bond donors (Lipinski definition) is 3. The van der Waals surface area contributed by atoms with Gasteiger partial charge in [-0.3, -0.25) is 9.82 Å². The molecule has 0 aliphatic carbocycles. The van der Waals surface area contributed by atoms with Crippen molar-refractivity contribution in [1.82, 2.24) is 15.5 Å². The average molecular weight is 280 g/mol. The van der Waals surface area contributed by atoms with Crippen LogP contribution in [-0.2, 0) is 10.0 Å². The third kappa shape index (κ3) is 3.12. The summed E-state index contributed by atoms with van der Waals surface area (Å²) in [6.07, 6.45) is 2.60. The van der Waals surface area contributed by atoms with Crippen LogP contribution >= 0.6 is 0 Å². The predicted molar refractivity (Wildman–Crippen MR) is 73.3 cm³/mol. The molecule has 2 rings (SSSR count). The number of H-pyrrole nitrogens is 1. The maximum atomic E-state index is 12.0. The summed E-state index contributed by atoms with van der Waals surface area (Å²) in [5.74, 6) is 0. The molecule has 0 fully saturated rings. The van der Waals surface area contributed by atoms with Gasteiger partial charge >= 0.3 is 0 Å². The molecule has 19 heavy (non-hydrogen) atoms. The molecule has 0 radical (unpaired) electrons. The summed E-state index contributed by atoms with van der Waals surface area (Å²) in [6.45, 7) is 2.00. The number of aromatic nitrogens is 2. The first-order chi connectivity index (χ1) is 9.03. The van der Waals surface area contributed by atoms with E-state index < -0.39 is 10.0 Å². The highest BCUT2D eigenvalue weighted by molar-refractivity contribution is 7.92. The van der Waals surface area contributed by atoms with E-state index in [9.17, 15) is 8.42 Å². The molecule has 6 nitrogen and oxygen atoms in total. The second-order valence-electron chi connectivity index (χ2n) is 4.18. The number of nitrogens with zero attached hydrogens (tertiary/aromatic N) is 1. The van der Waals surface area contributed by atoms with Crippen LogP contribution in [0, 0.1) is 0 Å². The lowest BCUT2D eigenvalue weighted by Gasteiger charge is -2.12. The van der Waals surface area contributed by atoms with Crippen LogP contribution in [0.3, 0.4) is 0 Å². The van der Waals surface area contributed by atoms with Gasteiger partial charge in [0.25, 0.3) is 10.0 Å². The molecule has 0 bridgehead atoms. The van der Waals surface area contributed by atoms with Crippen molar-refractivity contribution >= 4 is 15.7 Å². The Morgan fingerprint density at radius 2 is 2.16 bits per heavy atom. The second-order valence-corrected chi connectivity index (χ2v) is 5.86. The van der Waals surface area contributed by atoms with Crippen molar-refractivity contribution in [3.05, 3.63) is 42.2 Å². The van der Waals surface area contributed by atoms with Gasteiger partial charge in [0.2, 0.25) is 0 Å². The quantitative estimate of drug-likeness (QED) is 0.774. The Morgan fingerprint density at radius 1 is 1.37 bits per heavy atom. The highest BCUT2D eigenvalue weighted by Crippen LogP contribution is 2.19. The normalized spacial score (nSPS) is 13.2. The van der Waals surface area contributed by atoms with Gasteiger partial charge in [-0.05, 0) is 31.7 Å². The summed E-state index contributed by atoms with van der Waals surface area (Å²) in [5.41, 5.74) is 1.54. The Labute approximate surface area is 112 Å². The zero-order chi connectivity index (χ0) is 13.9. The van der Waals surface area contributed by atoms with Crippen LogP contribution in [0.1, 0.15) is 18.5 Å². The SMILES string of the molecule is CNC(C)c1cccc(NS(=O)(=O)c2cn[nH]c2)c1. The summed E-state index contributed by atoms with van der Waals surface area (Å²) in [5, 5.41) is 9.22. The molecule has 0 saturated heterocycles. The van der Waals surface area contributed by atoms with Crippen molar-refractivity contribution in [3.63, 3.8) is 0 Å². The van der Waals surface area contributed by atoms with Crippen molar-refractivity contribution < 1.29 is 8.42 Å². The minimum atomic E-state index is -3.58. The lowest BCUT2D eigenvalue weighted by Crippen LogP contribution is -2.14. The van der Waals surface area contributed by atoms with E-state index in [1.165, 1.54) is 12.4 Å². The molecular weight excluding hydrogens is 264 g/mol. The maximum absolute atomic E-state index is 12.0. The first-order valence-corrected chi connectivity index (χ1v) is 7.30. The predicted octanol–water partition coefficient (Wildman–Crippen LogP) is 1.49. The van der Waals surface area contributed by atoms with Crippen molar-refractivity contribution in [2.75, 3.05) is 11.8 Å². The molecule has 3 N–H and O–H groups in total. The standard InChI is InChI=1S/C12H16N4O2S/c1-9(13-2)10-4-3-5-11(6-10)16-19(17,18)12-7-14-15-8-12/h3-9,13,16H,1-2H3,(H,14,15). The molecule has 0 aliphatic rings. The Bertz CT molecular complexity index is 638. The monoisotopic (exact) mass is 280 g/mol. The molecule has 0 spiro atoms. The molecule has 2 aromatic rings. The van der Waals surface area contributed by atoms with E-state index in [4.69, 9.17) is 0 Å². The molecule has 0 saturated carbocycles. The van der Waals surface area contributed by atoms with E-state index in [1.807, 2.05) is 26.1 Å². The van der Waals surface area contributed by atoms with Crippen molar-refractivity contribution in [2.45, 2.75) is 17.9 Å². The molecular formula is C12H16N4O2S. The van der Waals surface area contributed by atoms with Crippen LogP contribution < -0.4 is 10.0 Å². The summed E-state index contributed by atoms with van der Waals surface area (Å²) < 4.78 is 26.6. The zero-order valence-electron chi connectivity index (χ0n) is 10.7. The zero-order valence-corrected chi connectivity index (χ0v) is 11.5. The van der Waals surface area contributed by atoms with E-state index in [2.05, 4.69) is 20.2 Å². The van der Waals surface area contributed by atoms with Crippen LogP contribution in [-0.4, -0.2) is 25.7 Å². The van der Waals surface area contributed by atoms with Crippen LogP contribution in [0.25, 0.3) is 0 Å². The lowest BCUT2D eigenvalue weighted by atomic mass is 10.1. The lowest BCUT2D eigenvalue weighted by molar-refractivity contribution is 0.601. The number of sulfonamides is 1. The van der Waals surface area contributed by atoms with E-state index in [0.717, 1.165) is 5.56 Å². The molecule has 1 unspecified atom stereocenters. The minimum absolute atomic E-state index is 0.111. The number of anilines is 1. The first-order valence-electron chi connectivity index (χ1n) is 5.82. The molecule has 1 heterocycles. The fourth-order valence-corrected chi connectivity index (χ4v) is 2.59. The highest BCUT2D eigenvalue weighted by Gasteiger charge is 2.15. The van der Waals surface area contributed by atoms with Crippen molar-refractivity contribution in [2.24, 2.45) is 0 Å². The number of rotatable bonds is 5. The second kappa shape index (κ2) is 5.41. The third-order valence-corrected chi connectivity index (χ3v) is 4.20. The van der Waals surface area contributed by atoms with Crippen molar-refractivity contribution in [1.29, 1.82) is 0 Å². The van der Waals surface area contributed by atoms with Gasteiger partial charge in [-0.2, -0.15) is 5.10 Å². The fraction of sp³-hybridized carbons (Fsp3) is 0.250. The van der Waals surface area contributed by atoms with Crippen LogP contribution in [0.5, 0.6) is 0 Å². The molecule has 1 atom stereocenters. The molecule has 1 aromatic heterocycles. The largest absolute Gasteiger partial charge is 0.313 e.